The molecule has 0 unspecified atom stereocenters. The van der Waals surface area contributed by atoms with Crippen molar-refractivity contribution in [3.8, 4) is 0 Å². The van der Waals surface area contributed by atoms with Crippen LogP contribution in [0.5, 0.6) is 0 Å². The van der Waals surface area contributed by atoms with E-state index in [0.717, 1.165) is 23.9 Å². The van der Waals surface area contributed by atoms with Crippen molar-refractivity contribution in [2.24, 2.45) is 0 Å². The summed E-state index contributed by atoms with van der Waals surface area (Å²) in [6.45, 7) is 0.203. The van der Waals surface area contributed by atoms with Crippen molar-refractivity contribution >= 4 is 46.6 Å². The number of nitrogens with one attached hydrogen (secondary N) is 2. The summed E-state index contributed by atoms with van der Waals surface area (Å²) in [5.41, 5.74) is -0.482. The van der Waals surface area contributed by atoms with Crippen molar-refractivity contribution < 1.29 is 23.3 Å². The third-order valence-electron chi connectivity index (χ3n) is 4.00. The highest BCUT2D eigenvalue weighted by atomic mass is 35.5. The Balaban J connectivity index is 1.66. The van der Waals surface area contributed by atoms with Crippen LogP contribution in [0.2, 0.25) is 5.02 Å². The molecule has 0 radical (unpaired) electrons. The van der Waals surface area contributed by atoms with Gasteiger partial charge in [-0.2, -0.15) is 0 Å². The summed E-state index contributed by atoms with van der Waals surface area (Å²) < 4.78 is 19.0. The molecular formula is C20H15ClFN3O5S. The van der Waals surface area contributed by atoms with Crippen LogP contribution in [0, 0.1) is 15.9 Å². The monoisotopic (exact) mass is 463 g/mol. The molecule has 1 aromatic heterocycles. The van der Waals surface area contributed by atoms with Crippen molar-refractivity contribution in [2.45, 2.75) is 11.4 Å². The molecule has 0 aliphatic rings. The standard InChI is InChI=1S/C20H15ClFN3O5S/c21-13-4-5-16(15(22)9-13)24-20(27)12-3-6-18(17(8-12)25(28)29)31-11-19(26)23-10-14-2-1-7-30-14/h1-9H,10-11H2,(H,23,26)(H,24,27). The average molecular weight is 464 g/mol. The number of hydrogen-bond acceptors (Lipinski definition) is 6. The summed E-state index contributed by atoms with van der Waals surface area (Å²) in [4.78, 5) is 35.4. The van der Waals surface area contributed by atoms with Crippen molar-refractivity contribution in [3.05, 3.63) is 87.1 Å². The van der Waals surface area contributed by atoms with Gasteiger partial charge in [0.15, 0.2) is 0 Å². The third kappa shape index (κ3) is 6.06. The molecule has 0 saturated carbocycles. The van der Waals surface area contributed by atoms with Crippen LogP contribution in [-0.2, 0) is 11.3 Å². The second-order valence-electron chi connectivity index (χ2n) is 6.16. The number of nitro groups is 1. The van der Waals surface area contributed by atoms with Crippen molar-refractivity contribution in [1.82, 2.24) is 5.32 Å². The zero-order valence-corrected chi connectivity index (χ0v) is 17.3. The van der Waals surface area contributed by atoms with Gasteiger partial charge in [-0.3, -0.25) is 19.7 Å². The lowest BCUT2D eigenvalue weighted by Crippen LogP contribution is -2.24. The van der Waals surface area contributed by atoms with Gasteiger partial charge in [-0.25, -0.2) is 4.39 Å². The number of rotatable bonds is 8. The van der Waals surface area contributed by atoms with Gasteiger partial charge < -0.3 is 15.1 Å². The van der Waals surface area contributed by atoms with E-state index in [1.807, 2.05) is 0 Å². The number of furan rings is 1. The Bertz CT molecular complexity index is 1120. The number of carbonyl (C=O) groups is 2. The minimum absolute atomic E-state index is 0.0346. The SMILES string of the molecule is O=C(CSc1ccc(C(=O)Nc2ccc(Cl)cc2F)cc1[N+](=O)[O-])NCc1ccco1. The summed E-state index contributed by atoms with van der Waals surface area (Å²) >= 11 is 6.64. The number of thioether (sulfide) groups is 1. The van der Waals surface area contributed by atoms with Gasteiger partial charge in [0.05, 0.1) is 34.1 Å². The first-order valence-electron chi connectivity index (χ1n) is 8.80. The van der Waals surface area contributed by atoms with Crippen LogP contribution in [0.4, 0.5) is 15.8 Å². The molecule has 11 heteroatoms. The highest BCUT2D eigenvalue weighted by Crippen LogP contribution is 2.30. The van der Waals surface area contributed by atoms with Crippen molar-refractivity contribution in [1.29, 1.82) is 0 Å². The number of amides is 2. The second-order valence-corrected chi connectivity index (χ2v) is 7.62. The minimum Gasteiger partial charge on any atom is -0.467 e. The lowest BCUT2D eigenvalue weighted by Gasteiger charge is -2.08. The normalized spacial score (nSPS) is 10.5. The largest absolute Gasteiger partial charge is 0.467 e. The predicted octanol–water partition coefficient (Wildman–Crippen LogP) is 4.64. The van der Waals surface area contributed by atoms with Crippen LogP contribution in [0.3, 0.4) is 0 Å². The zero-order chi connectivity index (χ0) is 22.4. The van der Waals surface area contributed by atoms with Crippen LogP contribution in [0.15, 0.2) is 64.1 Å². The van der Waals surface area contributed by atoms with Gasteiger partial charge >= 0.3 is 0 Å². The lowest BCUT2D eigenvalue weighted by molar-refractivity contribution is -0.387. The van der Waals surface area contributed by atoms with Gasteiger partial charge in [0.25, 0.3) is 11.6 Å². The van der Waals surface area contributed by atoms with Gasteiger partial charge in [-0.05, 0) is 42.5 Å². The summed E-state index contributed by atoms with van der Waals surface area (Å²) in [7, 11) is 0. The molecule has 0 bridgehead atoms. The maximum atomic E-state index is 13.9. The number of benzene rings is 2. The molecule has 0 aliphatic carbocycles. The Morgan fingerprint density at radius 2 is 2.00 bits per heavy atom. The van der Waals surface area contributed by atoms with Crippen LogP contribution < -0.4 is 10.6 Å². The van der Waals surface area contributed by atoms with Gasteiger partial charge in [-0.1, -0.05) is 11.6 Å². The second kappa shape index (κ2) is 10.1. The van der Waals surface area contributed by atoms with Gasteiger partial charge in [-0.15, -0.1) is 11.8 Å². The van der Waals surface area contributed by atoms with E-state index in [2.05, 4.69) is 10.6 Å². The maximum Gasteiger partial charge on any atom is 0.283 e. The molecule has 1 heterocycles. The number of halogens is 2. The Morgan fingerprint density at radius 1 is 1.19 bits per heavy atom. The molecular weight excluding hydrogens is 449 g/mol. The van der Waals surface area contributed by atoms with E-state index >= 15 is 0 Å². The number of anilines is 1. The Kier molecular flexibility index (Phi) is 7.27. The van der Waals surface area contributed by atoms with E-state index in [4.69, 9.17) is 16.0 Å². The molecule has 0 aliphatic heterocycles. The molecule has 0 spiro atoms. The Labute approximate surface area is 184 Å². The van der Waals surface area contributed by atoms with E-state index in [1.54, 1.807) is 12.1 Å². The molecule has 3 aromatic rings. The number of hydrogen-bond donors (Lipinski definition) is 2. The van der Waals surface area contributed by atoms with Gasteiger partial charge in [0.2, 0.25) is 5.91 Å². The van der Waals surface area contributed by atoms with E-state index in [0.29, 0.717) is 5.76 Å². The first kappa shape index (κ1) is 22.3. The topological polar surface area (TPSA) is 114 Å². The van der Waals surface area contributed by atoms with E-state index < -0.39 is 16.6 Å². The molecule has 2 amide bonds. The highest BCUT2D eigenvalue weighted by molar-refractivity contribution is 8.00. The highest BCUT2D eigenvalue weighted by Gasteiger charge is 2.19. The Hall–Kier alpha value is -3.37. The zero-order valence-electron chi connectivity index (χ0n) is 15.8. The van der Waals surface area contributed by atoms with Gasteiger partial charge in [0, 0.05) is 16.7 Å². The summed E-state index contributed by atoms with van der Waals surface area (Å²) in [6.07, 6.45) is 1.48. The minimum atomic E-state index is -0.733. The number of carbonyl (C=O) groups excluding carboxylic acids is 2. The average Bonchev–Trinajstić information content (AvgIpc) is 3.26. The molecule has 31 heavy (non-hydrogen) atoms. The molecule has 2 N–H and O–H groups in total. The predicted molar refractivity (Wildman–Crippen MR) is 114 cm³/mol. The molecule has 2 aromatic carbocycles. The molecule has 160 valence electrons. The Morgan fingerprint density at radius 3 is 2.68 bits per heavy atom. The smallest absolute Gasteiger partial charge is 0.283 e. The van der Waals surface area contributed by atoms with E-state index in [-0.39, 0.29) is 45.1 Å². The number of nitro benzene ring substituents is 1. The summed E-state index contributed by atoms with van der Waals surface area (Å²) in [5.74, 6) is -1.28. The molecule has 0 atom stereocenters. The molecule has 0 saturated heterocycles. The lowest BCUT2D eigenvalue weighted by atomic mass is 10.2. The van der Waals surface area contributed by atoms with Crippen LogP contribution in [-0.4, -0.2) is 22.5 Å². The van der Waals surface area contributed by atoms with Crippen LogP contribution in [0.1, 0.15) is 16.1 Å². The van der Waals surface area contributed by atoms with Crippen molar-refractivity contribution in [2.75, 3.05) is 11.1 Å². The fraction of sp³-hybridized carbons (Fsp3) is 0.100. The van der Waals surface area contributed by atoms with Crippen LogP contribution in [0.25, 0.3) is 0 Å². The first-order chi connectivity index (χ1) is 14.8. The molecule has 0 fully saturated rings. The quantitative estimate of drug-likeness (QED) is 0.285. The van der Waals surface area contributed by atoms with Crippen LogP contribution >= 0.6 is 23.4 Å². The molecule has 8 nitrogen and oxygen atoms in total. The van der Waals surface area contributed by atoms with Crippen molar-refractivity contribution in [3.63, 3.8) is 0 Å². The van der Waals surface area contributed by atoms with E-state index in [9.17, 15) is 24.1 Å². The van der Waals surface area contributed by atoms with E-state index in [1.165, 1.54) is 30.5 Å². The van der Waals surface area contributed by atoms with Gasteiger partial charge in [0.1, 0.15) is 11.6 Å². The first-order valence-corrected chi connectivity index (χ1v) is 10.2. The third-order valence-corrected chi connectivity index (χ3v) is 5.29. The fourth-order valence-electron chi connectivity index (χ4n) is 2.50. The summed E-state index contributed by atoms with van der Waals surface area (Å²) in [6, 6.07) is 10.9. The molecule has 3 rings (SSSR count). The fourth-order valence-corrected chi connectivity index (χ4v) is 3.49. The summed E-state index contributed by atoms with van der Waals surface area (Å²) in [5, 5.41) is 16.6. The maximum absolute atomic E-state index is 13.9. The number of nitrogens with zero attached hydrogens (tertiary/aromatic N) is 1.